The van der Waals surface area contributed by atoms with Gasteiger partial charge in [0.25, 0.3) is 0 Å². The van der Waals surface area contributed by atoms with Crippen molar-refractivity contribution < 1.29 is 5.11 Å². The number of likely N-dealkylation sites (tertiary alicyclic amines) is 1. The van der Waals surface area contributed by atoms with E-state index in [9.17, 15) is 5.11 Å². The monoisotopic (exact) mass is 315 g/mol. The molecule has 0 aliphatic carbocycles. The van der Waals surface area contributed by atoms with Crippen LogP contribution in [0.25, 0.3) is 0 Å². The van der Waals surface area contributed by atoms with Crippen LogP contribution >= 0.6 is 23.2 Å². The molecular formula is C16H23Cl2NO. The summed E-state index contributed by atoms with van der Waals surface area (Å²) in [6.45, 7) is 5.38. The van der Waals surface area contributed by atoms with E-state index in [1.165, 1.54) is 6.42 Å². The van der Waals surface area contributed by atoms with Crippen LogP contribution in [0.3, 0.4) is 0 Å². The SMILES string of the molecule is CCCN1CCCC(O)(Cc2ccc(Cl)cc2Cl)CC1. The lowest BCUT2D eigenvalue weighted by Crippen LogP contribution is -2.33. The van der Waals surface area contributed by atoms with Crippen LogP contribution in [0.1, 0.15) is 38.2 Å². The van der Waals surface area contributed by atoms with Crippen molar-refractivity contribution in [1.29, 1.82) is 0 Å². The molecule has 20 heavy (non-hydrogen) atoms. The van der Waals surface area contributed by atoms with Gasteiger partial charge in [0.05, 0.1) is 5.60 Å². The lowest BCUT2D eigenvalue weighted by Gasteiger charge is -2.27. The lowest BCUT2D eigenvalue weighted by molar-refractivity contribution is 0.0257. The fourth-order valence-corrected chi connectivity index (χ4v) is 3.45. The van der Waals surface area contributed by atoms with Gasteiger partial charge in [-0.1, -0.05) is 36.2 Å². The van der Waals surface area contributed by atoms with Crippen molar-refractivity contribution in [3.63, 3.8) is 0 Å². The van der Waals surface area contributed by atoms with Crippen molar-refractivity contribution in [1.82, 2.24) is 4.90 Å². The molecule has 1 aliphatic heterocycles. The Balaban J connectivity index is 2.03. The molecule has 0 saturated carbocycles. The molecule has 0 amide bonds. The summed E-state index contributed by atoms with van der Waals surface area (Å²) in [6.07, 6.45) is 4.48. The Hall–Kier alpha value is -0.280. The highest BCUT2D eigenvalue weighted by molar-refractivity contribution is 6.35. The fourth-order valence-electron chi connectivity index (χ4n) is 2.97. The highest BCUT2D eigenvalue weighted by Crippen LogP contribution is 2.30. The Morgan fingerprint density at radius 3 is 2.75 bits per heavy atom. The van der Waals surface area contributed by atoms with Crippen LogP contribution in [0.15, 0.2) is 18.2 Å². The summed E-state index contributed by atoms with van der Waals surface area (Å²) < 4.78 is 0. The molecule has 2 nitrogen and oxygen atoms in total. The first-order valence-corrected chi connectivity index (χ1v) is 8.17. The summed E-state index contributed by atoms with van der Waals surface area (Å²) in [6, 6.07) is 5.52. The predicted octanol–water partition coefficient (Wildman–Crippen LogP) is 4.16. The summed E-state index contributed by atoms with van der Waals surface area (Å²) in [4.78, 5) is 2.45. The fraction of sp³-hybridized carbons (Fsp3) is 0.625. The van der Waals surface area contributed by atoms with E-state index in [0.717, 1.165) is 44.5 Å². The highest BCUT2D eigenvalue weighted by Gasteiger charge is 2.30. The maximum absolute atomic E-state index is 10.9. The van der Waals surface area contributed by atoms with E-state index in [1.54, 1.807) is 6.07 Å². The molecule has 1 aliphatic rings. The van der Waals surface area contributed by atoms with Gasteiger partial charge in [0.2, 0.25) is 0 Å². The Labute approximate surface area is 131 Å². The first-order valence-electron chi connectivity index (χ1n) is 7.41. The Morgan fingerprint density at radius 1 is 1.25 bits per heavy atom. The minimum absolute atomic E-state index is 0.614. The van der Waals surface area contributed by atoms with E-state index < -0.39 is 5.60 Å². The molecule has 2 rings (SSSR count). The minimum atomic E-state index is -0.639. The van der Waals surface area contributed by atoms with E-state index in [0.29, 0.717) is 16.5 Å². The second kappa shape index (κ2) is 7.13. The second-order valence-corrected chi connectivity index (χ2v) is 6.68. The van der Waals surface area contributed by atoms with E-state index in [-0.39, 0.29) is 0 Å². The highest BCUT2D eigenvalue weighted by atomic mass is 35.5. The molecule has 0 spiro atoms. The number of halogens is 2. The third-order valence-corrected chi connectivity index (χ3v) is 4.67. The van der Waals surface area contributed by atoms with Gasteiger partial charge in [0.15, 0.2) is 0 Å². The minimum Gasteiger partial charge on any atom is -0.389 e. The molecule has 4 heteroatoms. The number of hydrogen-bond donors (Lipinski definition) is 1. The van der Waals surface area contributed by atoms with E-state index in [1.807, 2.05) is 12.1 Å². The van der Waals surface area contributed by atoms with E-state index >= 15 is 0 Å². The molecule has 0 radical (unpaired) electrons. The third-order valence-electron chi connectivity index (χ3n) is 4.08. The van der Waals surface area contributed by atoms with Gasteiger partial charge in [0.1, 0.15) is 0 Å². The van der Waals surface area contributed by atoms with E-state index in [4.69, 9.17) is 23.2 Å². The van der Waals surface area contributed by atoms with Gasteiger partial charge in [-0.05, 0) is 56.5 Å². The summed E-state index contributed by atoms with van der Waals surface area (Å²) in [5.74, 6) is 0. The molecule has 112 valence electrons. The van der Waals surface area contributed by atoms with Crippen LogP contribution in [0.4, 0.5) is 0 Å². The normalized spacial score (nSPS) is 24.6. The number of rotatable bonds is 4. The van der Waals surface area contributed by atoms with Gasteiger partial charge in [-0.3, -0.25) is 0 Å². The summed E-state index contributed by atoms with van der Waals surface area (Å²) in [5.41, 5.74) is 0.350. The van der Waals surface area contributed by atoms with Crippen molar-refractivity contribution in [2.24, 2.45) is 0 Å². The lowest BCUT2D eigenvalue weighted by atomic mass is 9.88. The predicted molar refractivity (Wildman–Crippen MR) is 85.7 cm³/mol. The Bertz CT molecular complexity index is 452. The van der Waals surface area contributed by atoms with Crippen molar-refractivity contribution in [3.05, 3.63) is 33.8 Å². The second-order valence-electron chi connectivity index (χ2n) is 5.83. The summed E-state index contributed by atoms with van der Waals surface area (Å²) in [5, 5.41) is 12.2. The van der Waals surface area contributed by atoms with E-state index in [2.05, 4.69) is 11.8 Å². The first kappa shape index (κ1) is 16.1. The molecule has 1 aromatic carbocycles. The van der Waals surface area contributed by atoms with Crippen LogP contribution < -0.4 is 0 Å². The summed E-state index contributed by atoms with van der Waals surface area (Å²) in [7, 11) is 0. The van der Waals surface area contributed by atoms with Crippen molar-refractivity contribution in [3.8, 4) is 0 Å². The average molecular weight is 316 g/mol. The maximum atomic E-state index is 10.9. The molecule has 1 unspecified atom stereocenters. The average Bonchev–Trinajstić information content (AvgIpc) is 2.57. The van der Waals surface area contributed by atoms with Gasteiger partial charge in [0, 0.05) is 23.0 Å². The van der Waals surface area contributed by atoms with Crippen molar-refractivity contribution >= 4 is 23.2 Å². The maximum Gasteiger partial charge on any atom is 0.0701 e. The topological polar surface area (TPSA) is 23.5 Å². The zero-order chi connectivity index (χ0) is 14.6. The van der Waals surface area contributed by atoms with Crippen LogP contribution in [0.2, 0.25) is 10.0 Å². The molecule has 1 saturated heterocycles. The molecule has 1 N–H and O–H groups in total. The molecule has 1 atom stereocenters. The Kier molecular flexibility index (Phi) is 5.74. The van der Waals surface area contributed by atoms with Gasteiger partial charge < -0.3 is 10.0 Å². The number of benzene rings is 1. The van der Waals surface area contributed by atoms with Gasteiger partial charge in [-0.15, -0.1) is 0 Å². The smallest absolute Gasteiger partial charge is 0.0701 e. The quantitative estimate of drug-likeness (QED) is 0.901. The number of hydrogen-bond acceptors (Lipinski definition) is 2. The molecule has 1 fully saturated rings. The van der Waals surface area contributed by atoms with Gasteiger partial charge in [-0.25, -0.2) is 0 Å². The van der Waals surface area contributed by atoms with Crippen LogP contribution in [-0.2, 0) is 6.42 Å². The Morgan fingerprint density at radius 2 is 2.05 bits per heavy atom. The number of aliphatic hydroxyl groups is 1. The first-order chi connectivity index (χ1) is 9.52. The third kappa shape index (κ3) is 4.36. The standard InChI is InChI=1S/C16H23Cl2NO/c1-2-8-19-9-3-6-16(20,7-10-19)12-13-4-5-14(17)11-15(13)18/h4-5,11,20H,2-3,6-10,12H2,1H3. The van der Waals surface area contributed by atoms with Crippen molar-refractivity contribution in [2.45, 2.75) is 44.6 Å². The largest absolute Gasteiger partial charge is 0.389 e. The molecule has 1 heterocycles. The zero-order valence-corrected chi connectivity index (χ0v) is 13.6. The summed E-state index contributed by atoms with van der Waals surface area (Å²) >= 11 is 12.1. The molecule has 0 bridgehead atoms. The molecule has 0 aromatic heterocycles. The van der Waals surface area contributed by atoms with Crippen LogP contribution in [0.5, 0.6) is 0 Å². The van der Waals surface area contributed by atoms with Crippen LogP contribution in [0, 0.1) is 0 Å². The molecular weight excluding hydrogens is 293 g/mol. The van der Waals surface area contributed by atoms with Gasteiger partial charge in [-0.2, -0.15) is 0 Å². The number of nitrogens with zero attached hydrogens (tertiary/aromatic N) is 1. The zero-order valence-electron chi connectivity index (χ0n) is 12.0. The molecule has 1 aromatic rings. The van der Waals surface area contributed by atoms with Gasteiger partial charge >= 0.3 is 0 Å². The van der Waals surface area contributed by atoms with Crippen LogP contribution in [-0.4, -0.2) is 35.2 Å². The van der Waals surface area contributed by atoms with Crippen molar-refractivity contribution in [2.75, 3.05) is 19.6 Å².